The quantitative estimate of drug-likeness (QED) is 0.869. The van der Waals surface area contributed by atoms with Crippen LogP contribution in [0.5, 0.6) is 0 Å². The van der Waals surface area contributed by atoms with E-state index < -0.39 is 0 Å². The molecular weight excluding hydrogens is 258 g/mol. The average Bonchev–Trinajstić information content (AvgIpc) is 2.53. The maximum atomic E-state index is 4.93. The molecule has 1 aliphatic heterocycles. The van der Waals surface area contributed by atoms with Gasteiger partial charge in [-0.2, -0.15) is 0 Å². The molecule has 0 aliphatic carbocycles. The summed E-state index contributed by atoms with van der Waals surface area (Å²) in [5.74, 6) is 1.12. The fourth-order valence-corrected chi connectivity index (χ4v) is 2.71. The summed E-state index contributed by atoms with van der Waals surface area (Å²) in [6, 6.07) is 11.2. The van der Waals surface area contributed by atoms with Crippen molar-refractivity contribution in [2.75, 3.05) is 18.0 Å². The molecule has 0 radical (unpaired) electrons. The van der Waals surface area contributed by atoms with Gasteiger partial charge in [0.05, 0.1) is 5.69 Å². The number of hydrogen-bond donors (Lipinski definition) is 1. The van der Waals surface area contributed by atoms with Gasteiger partial charge in [0.2, 0.25) is 0 Å². The molecule has 1 aromatic heterocycles. The van der Waals surface area contributed by atoms with Gasteiger partial charge < -0.3 is 10.2 Å². The molecule has 1 aromatic carbocycles. The lowest BCUT2D eigenvalue weighted by molar-refractivity contribution is 0.581. The van der Waals surface area contributed by atoms with Crippen LogP contribution >= 0.6 is 0 Å². The Labute approximate surface area is 126 Å². The number of nitrogens with one attached hydrogen (secondary N) is 1. The molecule has 3 nitrogen and oxygen atoms in total. The molecule has 21 heavy (non-hydrogen) atoms. The SMILES string of the molecule is CC(C)NCc1cc2ccccc2c(N2CC=CCC2)n1. The molecule has 110 valence electrons. The van der Waals surface area contributed by atoms with E-state index in [0.717, 1.165) is 37.6 Å². The van der Waals surface area contributed by atoms with Crippen LogP contribution in [0.2, 0.25) is 0 Å². The van der Waals surface area contributed by atoms with Crippen LogP contribution in [-0.2, 0) is 6.54 Å². The Kier molecular flexibility index (Phi) is 4.20. The molecule has 0 saturated heterocycles. The van der Waals surface area contributed by atoms with Crippen LogP contribution in [0.4, 0.5) is 5.82 Å². The van der Waals surface area contributed by atoms with Crippen molar-refractivity contribution in [3.8, 4) is 0 Å². The Morgan fingerprint density at radius 2 is 2.10 bits per heavy atom. The van der Waals surface area contributed by atoms with E-state index in [9.17, 15) is 0 Å². The van der Waals surface area contributed by atoms with E-state index >= 15 is 0 Å². The fraction of sp³-hybridized carbons (Fsp3) is 0.389. The van der Waals surface area contributed by atoms with Gasteiger partial charge in [0.1, 0.15) is 5.82 Å². The predicted octanol–water partition coefficient (Wildman–Crippen LogP) is 3.50. The number of benzene rings is 1. The minimum absolute atomic E-state index is 0.472. The topological polar surface area (TPSA) is 28.2 Å². The summed E-state index contributed by atoms with van der Waals surface area (Å²) in [6.07, 6.45) is 5.59. The van der Waals surface area contributed by atoms with Gasteiger partial charge in [-0.1, -0.05) is 50.3 Å². The first-order valence-electron chi connectivity index (χ1n) is 7.76. The molecular formula is C18H23N3. The molecule has 2 heterocycles. The lowest BCUT2D eigenvalue weighted by Crippen LogP contribution is -2.29. The van der Waals surface area contributed by atoms with Gasteiger partial charge in [0, 0.05) is 31.1 Å². The van der Waals surface area contributed by atoms with Crippen molar-refractivity contribution in [2.45, 2.75) is 32.9 Å². The first-order chi connectivity index (χ1) is 10.2. The maximum Gasteiger partial charge on any atom is 0.137 e. The minimum Gasteiger partial charge on any atom is -0.352 e. The second kappa shape index (κ2) is 6.27. The van der Waals surface area contributed by atoms with E-state index in [1.165, 1.54) is 10.8 Å². The molecule has 0 saturated carbocycles. The van der Waals surface area contributed by atoms with E-state index in [1.807, 2.05) is 0 Å². The fourth-order valence-electron chi connectivity index (χ4n) is 2.71. The van der Waals surface area contributed by atoms with E-state index in [0.29, 0.717) is 6.04 Å². The van der Waals surface area contributed by atoms with Crippen LogP contribution in [0.3, 0.4) is 0 Å². The first kappa shape index (κ1) is 14.1. The zero-order chi connectivity index (χ0) is 14.7. The van der Waals surface area contributed by atoms with Gasteiger partial charge in [0.15, 0.2) is 0 Å². The number of pyridine rings is 1. The monoisotopic (exact) mass is 281 g/mol. The smallest absolute Gasteiger partial charge is 0.137 e. The largest absolute Gasteiger partial charge is 0.352 e. The lowest BCUT2D eigenvalue weighted by Gasteiger charge is -2.26. The molecule has 0 fully saturated rings. The van der Waals surface area contributed by atoms with Crippen molar-refractivity contribution < 1.29 is 0 Å². The maximum absolute atomic E-state index is 4.93. The Morgan fingerprint density at radius 3 is 2.86 bits per heavy atom. The van der Waals surface area contributed by atoms with E-state index in [1.54, 1.807) is 0 Å². The Morgan fingerprint density at radius 1 is 1.24 bits per heavy atom. The molecule has 2 aromatic rings. The highest BCUT2D eigenvalue weighted by Crippen LogP contribution is 2.27. The predicted molar refractivity (Wildman–Crippen MR) is 89.7 cm³/mol. The number of fused-ring (bicyclic) bond motifs is 1. The molecule has 0 spiro atoms. The first-order valence-corrected chi connectivity index (χ1v) is 7.76. The van der Waals surface area contributed by atoms with E-state index in [2.05, 4.69) is 66.5 Å². The summed E-state index contributed by atoms with van der Waals surface area (Å²) in [5, 5.41) is 5.99. The van der Waals surface area contributed by atoms with Crippen molar-refractivity contribution in [3.05, 3.63) is 48.2 Å². The summed E-state index contributed by atoms with van der Waals surface area (Å²) >= 11 is 0. The van der Waals surface area contributed by atoms with Crippen LogP contribution in [0.1, 0.15) is 26.0 Å². The molecule has 0 atom stereocenters. The van der Waals surface area contributed by atoms with Gasteiger partial charge >= 0.3 is 0 Å². The molecule has 0 unspecified atom stereocenters. The van der Waals surface area contributed by atoms with Gasteiger partial charge in [0.25, 0.3) is 0 Å². The molecule has 3 rings (SSSR count). The Balaban J connectivity index is 2.00. The molecule has 1 aliphatic rings. The van der Waals surface area contributed by atoms with Gasteiger partial charge in [-0.25, -0.2) is 4.98 Å². The third-order valence-corrected chi connectivity index (χ3v) is 3.82. The summed E-state index contributed by atoms with van der Waals surface area (Å²) in [4.78, 5) is 7.30. The number of hydrogen-bond acceptors (Lipinski definition) is 3. The number of aromatic nitrogens is 1. The van der Waals surface area contributed by atoms with Crippen LogP contribution in [0, 0.1) is 0 Å². The number of rotatable bonds is 4. The lowest BCUT2D eigenvalue weighted by atomic mass is 10.1. The molecule has 3 heteroatoms. The zero-order valence-electron chi connectivity index (χ0n) is 12.8. The summed E-state index contributed by atoms with van der Waals surface area (Å²) < 4.78 is 0. The summed E-state index contributed by atoms with van der Waals surface area (Å²) in [7, 11) is 0. The highest BCUT2D eigenvalue weighted by molar-refractivity contribution is 5.92. The van der Waals surface area contributed by atoms with Crippen molar-refractivity contribution >= 4 is 16.6 Å². The number of nitrogens with zero attached hydrogens (tertiary/aromatic N) is 2. The average molecular weight is 281 g/mol. The van der Waals surface area contributed by atoms with Gasteiger partial charge in [-0.05, 0) is 17.9 Å². The Hall–Kier alpha value is -1.87. The minimum atomic E-state index is 0.472. The molecule has 0 amide bonds. The van der Waals surface area contributed by atoms with Crippen LogP contribution in [-0.4, -0.2) is 24.1 Å². The Bertz CT molecular complexity index is 646. The second-order valence-corrected chi connectivity index (χ2v) is 5.90. The van der Waals surface area contributed by atoms with Gasteiger partial charge in [-0.3, -0.25) is 0 Å². The second-order valence-electron chi connectivity index (χ2n) is 5.90. The van der Waals surface area contributed by atoms with Gasteiger partial charge in [-0.15, -0.1) is 0 Å². The van der Waals surface area contributed by atoms with Crippen molar-refractivity contribution in [3.63, 3.8) is 0 Å². The van der Waals surface area contributed by atoms with Crippen molar-refractivity contribution in [1.29, 1.82) is 0 Å². The number of anilines is 1. The molecule has 0 bridgehead atoms. The highest BCUT2D eigenvalue weighted by Gasteiger charge is 2.14. The van der Waals surface area contributed by atoms with E-state index in [-0.39, 0.29) is 0 Å². The van der Waals surface area contributed by atoms with Crippen LogP contribution in [0.15, 0.2) is 42.5 Å². The normalized spacial score (nSPS) is 15.1. The third kappa shape index (κ3) is 3.24. The third-order valence-electron chi connectivity index (χ3n) is 3.82. The van der Waals surface area contributed by atoms with Crippen LogP contribution in [0.25, 0.3) is 10.8 Å². The summed E-state index contributed by atoms with van der Waals surface area (Å²) in [6.45, 7) is 7.15. The zero-order valence-corrected chi connectivity index (χ0v) is 12.8. The molecule has 1 N–H and O–H groups in total. The highest BCUT2D eigenvalue weighted by atomic mass is 15.2. The van der Waals surface area contributed by atoms with Crippen molar-refractivity contribution in [1.82, 2.24) is 10.3 Å². The van der Waals surface area contributed by atoms with Crippen molar-refractivity contribution in [2.24, 2.45) is 0 Å². The summed E-state index contributed by atoms with van der Waals surface area (Å²) in [5.41, 5.74) is 1.12. The van der Waals surface area contributed by atoms with Crippen LogP contribution < -0.4 is 10.2 Å². The standard InChI is InChI=1S/C18H23N3/c1-14(2)19-13-16-12-15-8-4-5-9-17(15)18(20-16)21-10-6-3-7-11-21/h3-6,8-9,12,14,19H,7,10-11,13H2,1-2H3. The van der Waals surface area contributed by atoms with E-state index in [4.69, 9.17) is 4.98 Å².